The van der Waals surface area contributed by atoms with Crippen molar-refractivity contribution in [2.45, 2.75) is 50.5 Å². The maximum atomic E-state index is 2.78. The van der Waals surface area contributed by atoms with Crippen LogP contribution in [0.3, 0.4) is 0 Å². The van der Waals surface area contributed by atoms with Crippen molar-refractivity contribution in [2.24, 2.45) is 0 Å². The molecule has 1 saturated carbocycles. The van der Waals surface area contributed by atoms with Crippen LogP contribution in [-0.2, 0) is 5.41 Å². The number of rotatable bonds is 1. The molecular formula is C32H29BN2. The molecule has 0 spiro atoms. The molecule has 1 aliphatic carbocycles. The Labute approximate surface area is 208 Å². The van der Waals surface area contributed by atoms with Gasteiger partial charge in [0.15, 0.2) is 0 Å². The lowest BCUT2D eigenvalue weighted by atomic mass is 9.33. The predicted molar refractivity (Wildman–Crippen MR) is 149 cm³/mol. The third-order valence-corrected chi connectivity index (χ3v) is 9.81. The van der Waals surface area contributed by atoms with Gasteiger partial charge in [0.2, 0.25) is 0 Å². The van der Waals surface area contributed by atoms with Gasteiger partial charge in [0, 0.05) is 33.9 Å². The van der Waals surface area contributed by atoms with Gasteiger partial charge in [-0.15, -0.1) is 0 Å². The van der Waals surface area contributed by atoms with Crippen molar-refractivity contribution >= 4 is 51.5 Å². The summed E-state index contributed by atoms with van der Waals surface area (Å²) in [4.78, 5) is 5.28. The fourth-order valence-corrected chi connectivity index (χ4v) is 8.01. The summed E-state index contributed by atoms with van der Waals surface area (Å²) in [6, 6.07) is 34.1. The summed E-state index contributed by atoms with van der Waals surface area (Å²) in [6.45, 7) is 5.35. The molecule has 4 aliphatic rings. The molecule has 1 fully saturated rings. The first-order chi connectivity index (χ1) is 17.1. The second-order valence-electron chi connectivity index (χ2n) is 11.3. The summed E-state index contributed by atoms with van der Waals surface area (Å²) in [5.74, 6) is 0. The zero-order valence-corrected chi connectivity index (χ0v) is 20.5. The lowest BCUT2D eigenvalue weighted by Gasteiger charge is -2.52. The van der Waals surface area contributed by atoms with Gasteiger partial charge < -0.3 is 9.80 Å². The Morgan fingerprint density at radius 2 is 1.31 bits per heavy atom. The zero-order chi connectivity index (χ0) is 23.4. The minimum atomic E-state index is 0.0956. The highest BCUT2D eigenvalue weighted by molar-refractivity contribution is 7.00. The van der Waals surface area contributed by atoms with Gasteiger partial charge in [0.05, 0.1) is 5.54 Å². The number of para-hydroxylation sites is 3. The second kappa shape index (κ2) is 6.60. The summed E-state index contributed by atoms with van der Waals surface area (Å²) in [7, 11) is 0. The fourth-order valence-electron chi connectivity index (χ4n) is 8.01. The van der Waals surface area contributed by atoms with Gasteiger partial charge in [-0.2, -0.15) is 0 Å². The van der Waals surface area contributed by atoms with Gasteiger partial charge in [-0.05, 0) is 72.0 Å². The summed E-state index contributed by atoms with van der Waals surface area (Å²) in [5, 5.41) is 0. The SMILES string of the molecule is CC12CCCCC1(C)N1c3ccccc3B3c4ccccc4N(c4ccccc4)c4ccc2c1c43. The van der Waals surface area contributed by atoms with E-state index in [4.69, 9.17) is 0 Å². The van der Waals surface area contributed by atoms with Crippen molar-refractivity contribution in [3.8, 4) is 0 Å². The summed E-state index contributed by atoms with van der Waals surface area (Å²) < 4.78 is 0. The molecule has 2 atom stereocenters. The Bertz CT molecular complexity index is 1510. The van der Waals surface area contributed by atoms with Gasteiger partial charge in [-0.1, -0.05) is 80.4 Å². The molecule has 0 amide bonds. The molecule has 3 heterocycles. The van der Waals surface area contributed by atoms with Crippen LogP contribution in [-0.4, -0.2) is 12.3 Å². The largest absolute Gasteiger partial charge is 0.335 e. The Hall–Kier alpha value is -3.46. The third kappa shape index (κ3) is 2.23. The van der Waals surface area contributed by atoms with E-state index < -0.39 is 0 Å². The maximum absolute atomic E-state index is 2.78. The molecule has 2 nitrogen and oxygen atoms in total. The van der Waals surface area contributed by atoms with Crippen LogP contribution in [0.2, 0.25) is 0 Å². The Kier molecular flexibility index (Phi) is 3.74. The first kappa shape index (κ1) is 19.8. The molecular weight excluding hydrogens is 423 g/mol. The Morgan fingerprint density at radius 3 is 2.11 bits per heavy atom. The first-order valence-corrected chi connectivity index (χ1v) is 13.1. The molecule has 2 unspecified atom stereocenters. The van der Waals surface area contributed by atoms with Gasteiger partial charge in [0.1, 0.15) is 0 Å². The van der Waals surface area contributed by atoms with Crippen molar-refractivity contribution in [1.82, 2.24) is 0 Å². The molecule has 8 rings (SSSR count). The van der Waals surface area contributed by atoms with Gasteiger partial charge >= 0.3 is 0 Å². The van der Waals surface area contributed by atoms with Crippen molar-refractivity contribution in [3.63, 3.8) is 0 Å². The molecule has 0 aromatic heterocycles. The van der Waals surface area contributed by atoms with E-state index in [9.17, 15) is 0 Å². The molecule has 0 radical (unpaired) electrons. The van der Waals surface area contributed by atoms with Crippen molar-refractivity contribution in [1.29, 1.82) is 0 Å². The molecule has 4 aromatic carbocycles. The third-order valence-electron chi connectivity index (χ3n) is 9.81. The van der Waals surface area contributed by atoms with Crippen LogP contribution in [0.15, 0.2) is 91.0 Å². The quantitative estimate of drug-likeness (QED) is 0.286. The van der Waals surface area contributed by atoms with E-state index in [1.807, 2.05) is 0 Å². The van der Waals surface area contributed by atoms with Crippen LogP contribution in [0.4, 0.5) is 28.4 Å². The van der Waals surface area contributed by atoms with Crippen LogP contribution in [0.5, 0.6) is 0 Å². The lowest BCUT2D eigenvalue weighted by Crippen LogP contribution is -2.64. The summed E-state index contributed by atoms with van der Waals surface area (Å²) in [6.07, 6.45) is 5.13. The Balaban J connectivity index is 1.52. The van der Waals surface area contributed by atoms with Crippen LogP contribution in [0.1, 0.15) is 45.1 Å². The van der Waals surface area contributed by atoms with Crippen LogP contribution >= 0.6 is 0 Å². The van der Waals surface area contributed by atoms with Crippen molar-refractivity contribution in [3.05, 3.63) is 96.6 Å². The van der Waals surface area contributed by atoms with Gasteiger partial charge in [-0.3, -0.25) is 0 Å². The lowest BCUT2D eigenvalue weighted by molar-refractivity contribution is 0.195. The number of fused-ring (bicyclic) bond motifs is 8. The molecule has 4 aromatic rings. The minimum Gasteiger partial charge on any atom is -0.335 e. The number of hydrogen-bond donors (Lipinski definition) is 0. The molecule has 0 N–H and O–H groups in total. The van der Waals surface area contributed by atoms with Gasteiger partial charge in [0.25, 0.3) is 6.71 Å². The minimum absolute atomic E-state index is 0.0956. The molecule has 170 valence electrons. The van der Waals surface area contributed by atoms with Crippen LogP contribution < -0.4 is 26.2 Å². The highest BCUT2D eigenvalue weighted by Crippen LogP contribution is 2.62. The zero-order valence-electron chi connectivity index (χ0n) is 20.5. The standard InChI is InChI=1S/C32H29BN2/c1-31-20-10-11-21-32(31,2)35-27-17-9-7-15-25(27)33-24-14-6-8-16-26(24)34(22-12-4-3-5-13-22)28-19-18-23(31)30(35)29(28)33/h3-9,12-19H,10-11,20-21H2,1-2H3. The van der Waals surface area contributed by atoms with E-state index in [-0.39, 0.29) is 17.7 Å². The van der Waals surface area contributed by atoms with Crippen molar-refractivity contribution < 1.29 is 0 Å². The molecule has 35 heavy (non-hydrogen) atoms. The second-order valence-corrected chi connectivity index (χ2v) is 11.3. The average molecular weight is 452 g/mol. The normalized spacial score (nSPS) is 25.0. The topological polar surface area (TPSA) is 6.48 Å². The van der Waals surface area contributed by atoms with E-state index in [0.29, 0.717) is 0 Å². The molecule has 0 bridgehead atoms. The first-order valence-electron chi connectivity index (χ1n) is 13.1. The predicted octanol–water partition coefficient (Wildman–Crippen LogP) is 6.04. The van der Waals surface area contributed by atoms with Crippen molar-refractivity contribution in [2.75, 3.05) is 9.80 Å². The molecule has 0 saturated heterocycles. The smallest absolute Gasteiger partial charge is 0.252 e. The maximum Gasteiger partial charge on any atom is 0.252 e. The summed E-state index contributed by atoms with van der Waals surface area (Å²) >= 11 is 0. The number of nitrogens with zero attached hydrogens (tertiary/aromatic N) is 2. The van der Waals surface area contributed by atoms with Gasteiger partial charge in [-0.25, -0.2) is 0 Å². The van der Waals surface area contributed by atoms with Crippen LogP contribution in [0, 0.1) is 0 Å². The summed E-state index contributed by atoms with van der Waals surface area (Å²) in [5.41, 5.74) is 13.0. The number of anilines is 5. The Morgan fingerprint density at radius 1 is 0.657 bits per heavy atom. The molecule has 3 aliphatic heterocycles. The van der Waals surface area contributed by atoms with E-state index in [1.54, 1.807) is 5.56 Å². The van der Waals surface area contributed by atoms with Crippen LogP contribution in [0.25, 0.3) is 0 Å². The fraction of sp³-hybridized carbons (Fsp3) is 0.250. The number of benzene rings is 4. The average Bonchev–Trinajstić information content (AvgIpc) is 3.12. The number of hydrogen-bond acceptors (Lipinski definition) is 2. The van der Waals surface area contributed by atoms with E-state index in [0.717, 1.165) is 0 Å². The monoisotopic (exact) mass is 452 g/mol. The highest BCUT2D eigenvalue weighted by Gasteiger charge is 2.61. The van der Waals surface area contributed by atoms with E-state index in [1.165, 1.54) is 70.5 Å². The highest BCUT2D eigenvalue weighted by atomic mass is 15.3. The van der Waals surface area contributed by atoms with E-state index in [2.05, 4.69) is 115 Å². The van der Waals surface area contributed by atoms with E-state index >= 15 is 0 Å². The molecule has 3 heteroatoms.